The van der Waals surface area contributed by atoms with Gasteiger partial charge in [-0.2, -0.15) is 0 Å². The number of rotatable bonds is 19. The van der Waals surface area contributed by atoms with Crippen molar-refractivity contribution in [3.63, 3.8) is 0 Å². The van der Waals surface area contributed by atoms with Crippen LogP contribution in [0.2, 0.25) is 0 Å². The van der Waals surface area contributed by atoms with Crippen molar-refractivity contribution in [1.82, 2.24) is 4.90 Å². The molecule has 0 saturated carbocycles. The summed E-state index contributed by atoms with van der Waals surface area (Å²) in [6, 6.07) is 10.8. The summed E-state index contributed by atoms with van der Waals surface area (Å²) in [5, 5.41) is 0. The van der Waals surface area contributed by atoms with Gasteiger partial charge in [-0.15, -0.1) is 0 Å². The van der Waals surface area contributed by atoms with Crippen LogP contribution < -0.4 is 18.9 Å². The number of hydrogen-bond acceptors (Lipinski definition) is 7. The number of hydrogen-bond donors (Lipinski definition) is 0. The Morgan fingerprint density at radius 2 is 1.39 bits per heavy atom. The molecule has 0 spiro atoms. The number of benzene rings is 2. The van der Waals surface area contributed by atoms with Gasteiger partial charge in [-0.25, -0.2) is 4.79 Å². The second-order valence-electron chi connectivity index (χ2n) is 10.7. The molecule has 0 unspecified atom stereocenters. The predicted molar refractivity (Wildman–Crippen MR) is 164 cm³/mol. The van der Waals surface area contributed by atoms with Crippen molar-refractivity contribution in [2.24, 2.45) is 0 Å². The topological polar surface area (TPSA) is 66.5 Å². The highest BCUT2D eigenvalue weighted by Gasteiger charge is 2.29. The number of carbonyl (C=O) groups excluding carboxylic acids is 1. The molecule has 0 radical (unpaired) electrons. The van der Waals surface area contributed by atoms with Crippen molar-refractivity contribution in [2.75, 3.05) is 48.1 Å². The Morgan fingerprint density at radius 1 is 0.805 bits per heavy atom. The smallest absolute Gasteiger partial charge is 0.330 e. The minimum absolute atomic E-state index is 0.252. The first-order valence-corrected chi connectivity index (χ1v) is 15.0. The second kappa shape index (κ2) is 17.6. The van der Waals surface area contributed by atoms with Crippen molar-refractivity contribution in [1.29, 1.82) is 0 Å². The first-order chi connectivity index (χ1) is 20.0. The van der Waals surface area contributed by atoms with E-state index in [1.54, 1.807) is 28.4 Å². The van der Waals surface area contributed by atoms with Gasteiger partial charge in [0.1, 0.15) is 0 Å². The maximum atomic E-state index is 11.1. The second-order valence-corrected chi connectivity index (χ2v) is 10.7. The standard InChI is InChI=1S/C34H49NO6/c1-6-34(36)41-21-15-13-11-9-7-8-10-12-14-19-35-20-18-27-24-32(39-4)33(40-5)25-28(27)29(35)22-26-16-17-30(37-2)31(23-26)38-3/h6,16-17,23-25,29H,1,7-15,18-22H2,2-5H3/t29-/m1/s1. The zero-order chi connectivity index (χ0) is 29.5. The van der Waals surface area contributed by atoms with E-state index in [4.69, 9.17) is 23.7 Å². The van der Waals surface area contributed by atoms with Crippen LogP contribution in [-0.4, -0.2) is 59.0 Å². The predicted octanol–water partition coefficient (Wildman–Crippen LogP) is 7.10. The van der Waals surface area contributed by atoms with Crippen LogP contribution in [-0.2, 0) is 22.4 Å². The highest BCUT2D eigenvalue weighted by atomic mass is 16.5. The van der Waals surface area contributed by atoms with E-state index in [0.717, 1.165) is 61.8 Å². The summed E-state index contributed by atoms with van der Waals surface area (Å²) in [4.78, 5) is 13.7. The zero-order valence-electron chi connectivity index (χ0n) is 25.5. The Bertz CT molecular complexity index is 1100. The lowest BCUT2D eigenvalue weighted by Gasteiger charge is -2.38. The third-order valence-electron chi connectivity index (χ3n) is 7.99. The fourth-order valence-electron chi connectivity index (χ4n) is 5.70. The fourth-order valence-corrected chi connectivity index (χ4v) is 5.70. The molecule has 226 valence electrons. The van der Waals surface area contributed by atoms with Crippen LogP contribution in [0.15, 0.2) is 43.0 Å². The SMILES string of the molecule is C=CC(=O)OCCCCCCCCCCCN1CCc2cc(OC)c(OC)cc2[C@H]1Cc1ccc(OC)c(OC)c1. The van der Waals surface area contributed by atoms with Crippen LogP contribution in [0, 0.1) is 0 Å². The highest BCUT2D eigenvalue weighted by Crippen LogP contribution is 2.40. The summed E-state index contributed by atoms with van der Waals surface area (Å²) in [7, 11) is 6.76. The van der Waals surface area contributed by atoms with Gasteiger partial charge in [0, 0.05) is 18.7 Å². The van der Waals surface area contributed by atoms with Gasteiger partial charge >= 0.3 is 5.97 Å². The van der Waals surface area contributed by atoms with Crippen LogP contribution in [0.25, 0.3) is 0 Å². The molecule has 0 fully saturated rings. The van der Waals surface area contributed by atoms with Gasteiger partial charge in [0.05, 0.1) is 35.0 Å². The van der Waals surface area contributed by atoms with Crippen molar-refractivity contribution in [2.45, 2.75) is 76.7 Å². The van der Waals surface area contributed by atoms with Crippen LogP contribution in [0.5, 0.6) is 23.0 Å². The van der Waals surface area contributed by atoms with Gasteiger partial charge in [0.2, 0.25) is 0 Å². The fraction of sp³-hybridized carbons (Fsp3) is 0.559. The van der Waals surface area contributed by atoms with E-state index in [2.05, 4.69) is 35.7 Å². The van der Waals surface area contributed by atoms with E-state index in [9.17, 15) is 4.79 Å². The van der Waals surface area contributed by atoms with E-state index in [1.807, 2.05) is 6.07 Å². The highest BCUT2D eigenvalue weighted by molar-refractivity contribution is 5.81. The maximum absolute atomic E-state index is 11.1. The molecule has 1 atom stereocenters. The summed E-state index contributed by atoms with van der Waals surface area (Å²) < 4.78 is 27.4. The number of esters is 1. The molecule has 0 bridgehead atoms. The molecule has 41 heavy (non-hydrogen) atoms. The Labute approximate surface area is 246 Å². The van der Waals surface area contributed by atoms with E-state index in [-0.39, 0.29) is 12.0 Å². The lowest BCUT2D eigenvalue weighted by molar-refractivity contribution is -0.137. The molecule has 0 amide bonds. The summed E-state index contributed by atoms with van der Waals surface area (Å²) in [5.74, 6) is 2.75. The zero-order valence-corrected chi connectivity index (χ0v) is 25.5. The Morgan fingerprint density at radius 3 is 2.02 bits per heavy atom. The van der Waals surface area contributed by atoms with E-state index in [1.165, 1.54) is 67.7 Å². The third kappa shape index (κ3) is 9.70. The number of nitrogens with zero attached hydrogens (tertiary/aromatic N) is 1. The first-order valence-electron chi connectivity index (χ1n) is 15.0. The monoisotopic (exact) mass is 567 g/mol. The summed E-state index contributed by atoms with van der Waals surface area (Å²) >= 11 is 0. The van der Waals surface area contributed by atoms with Crippen LogP contribution in [0.1, 0.15) is 80.5 Å². The molecule has 2 aromatic carbocycles. The molecule has 0 aliphatic carbocycles. The molecular weight excluding hydrogens is 518 g/mol. The molecule has 7 heteroatoms. The molecule has 0 N–H and O–H groups in total. The summed E-state index contributed by atoms with van der Waals surface area (Å²) in [6.45, 7) is 6.02. The first kappa shape index (κ1) is 32.3. The molecule has 0 aromatic heterocycles. The molecule has 3 rings (SSSR count). The number of fused-ring (bicyclic) bond motifs is 1. The lowest BCUT2D eigenvalue weighted by Crippen LogP contribution is -2.37. The number of methoxy groups -OCH3 is 4. The largest absolute Gasteiger partial charge is 0.493 e. The van der Waals surface area contributed by atoms with Gasteiger partial charge < -0.3 is 23.7 Å². The summed E-state index contributed by atoms with van der Waals surface area (Å²) in [5.41, 5.74) is 3.88. The number of ether oxygens (including phenoxy) is 5. The van der Waals surface area contributed by atoms with E-state index >= 15 is 0 Å². The lowest BCUT2D eigenvalue weighted by atomic mass is 9.87. The van der Waals surface area contributed by atoms with Crippen LogP contribution >= 0.6 is 0 Å². The van der Waals surface area contributed by atoms with Crippen molar-refractivity contribution < 1.29 is 28.5 Å². The van der Waals surface area contributed by atoms with Crippen LogP contribution in [0.3, 0.4) is 0 Å². The van der Waals surface area contributed by atoms with E-state index in [0.29, 0.717) is 6.61 Å². The molecule has 1 aliphatic heterocycles. The van der Waals surface area contributed by atoms with Crippen LogP contribution in [0.4, 0.5) is 0 Å². The molecule has 0 saturated heterocycles. The quantitative estimate of drug-likeness (QED) is 0.102. The number of carbonyl (C=O) groups is 1. The molecule has 1 heterocycles. The normalized spacial score (nSPS) is 14.7. The van der Waals surface area contributed by atoms with Gasteiger partial charge in [-0.3, -0.25) is 4.90 Å². The van der Waals surface area contributed by atoms with Crippen molar-refractivity contribution in [3.05, 3.63) is 59.7 Å². The van der Waals surface area contributed by atoms with Gasteiger partial charge in [-0.1, -0.05) is 57.6 Å². The minimum Gasteiger partial charge on any atom is -0.493 e. The Balaban J connectivity index is 1.53. The average Bonchev–Trinajstić information content (AvgIpc) is 3.01. The third-order valence-corrected chi connectivity index (χ3v) is 7.99. The van der Waals surface area contributed by atoms with Gasteiger partial charge in [0.15, 0.2) is 23.0 Å². The minimum atomic E-state index is -0.328. The number of unbranched alkanes of at least 4 members (excludes halogenated alkanes) is 8. The van der Waals surface area contributed by atoms with Crippen molar-refractivity contribution in [3.8, 4) is 23.0 Å². The Kier molecular flexibility index (Phi) is 13.9. The van der Waals surface area contributed by atoms with E-state index < -0.39 is 0 Å². The molecular formula is C34H49NO6. The van der Waals surface area contributed by atoms with Gasteiger partial charge in [-0.05, 0) is 73.2 Å². The maximum Gasteiger partial charge on any atom is 0.330 e. The van der Waals surface area contributed by atoms with Gasteiger partial charge in [0.25, 0.3) is 0 Å². The molecule has 7 nitrogen and oxygen atoms in total. The summed E-state index contributed by atoms with van der Waals surface area (Å²) in [6.07, 6.45) is 13.9. The molecule has 1 aliphatic rings. The average molecular weight is 568 g/mol. The molecule has 2 aromatic rings. The van der Waals surface area contributed by atoms with Crippen molar-refractivity contribution >= 4 is 5.97 Å². The Hall–Kier alpha value is -3.19.